The van der Waals surface area contributed by atoms with Gasteiger partial charge in [0, 0.05) is 44.6 Å². The zero-order valence-electron chi connectivity index (χ0n) is 40.3. The summed E-state index contributed by atoms with van der Waals surface area (Å²) in [6.45, 7) is 4.73. The Morgan fingerprint density at radius 3 is 1.17 bits per heavy atom. The van der Waals surface area contributed by atoms with Crippen molar-refractivity contribution in [2.75, 3.05) is 9.80 Å². The second-order valence-corrected chi connectivity index (χ2v) is 19.4. The lowest BCUT2D eigenvalue weighted by Crippen LogP contribution is -2.30. The van der Waals surface area contributed by atoms with Crippen molar-refractivity contribution in [1.29, 1.82) is 0 Å². The van der Waals surface area contributed by atoms with Gasteiger partial charge in [-0.1, -0.05) is 184 Å². The highest BCUT2D eigenvalue weighted by atomic mass is 15.2. The lowest BCUT2D eigenvalue weighted by Gasteiger charge is -2.42. The second-order valence-electron chi connectivity index (χ2n) is 19.4. The van der Waals surface area contributed by atoms with Gasteiger partial charge in [-0.25, -0.2) is 0 Å². The van der Waals surface area contributed by atoms with Gasteiger partial charge in [0.25, 0.3) is 0 Å². The van der Waals surface area contributed by atoms with Gasteiger partial charge in [0.2, 0.25) is 0 Å². The molecule has 1 aliphatic rings. The summed E-state index contributed by atoms with van der Waals surface area (Å²) < 4.78 is 2.41. The summed E-state index contributed by atoms with van der Waals surface area (Å²) >= 11 is 0. The number of nitrogens with zero attached hydrogens (tertiary/aromatic N) is 3. The molecule has 3 heteroatoms. The molecule has 0 aliphatic carbocycles. The molecular formula is C69H51N3. The molecule has 0 atom stereocenters. The van der Waals surface area contributed by atoms with E-state index in [-0.39, 0.29) is 5.41 Å². The van der Waals surface area contributed by atoms with Crippen LogP contribution in [0.3, 0.4) is 0 Å². The summed E-state index contributed by atoms with van der Waals surface area (Å²) in [6, 6.07) is 99.5. The molecule has 0 bridgehead atoms. The van der Waals surface area contributed by atoms with E-state index in [1.807, 2.05) is 0 Å². The number of rotatable bonds is 9. The summed E-state index contributed by atoms with van der Waals surface area (Å²) in [7, 11) is 0. The zero-order valence-corrected chi connectivity index (χ0v) is 40.3. The molecule has 72 heavy (non-hydrogen) atoms. The van der Waals surface area contributed by atoms with Crippen LogP contribution in [-0.2, 0) is 5.41 Å². The number of hydrogen-bond acceptors (Lipinski definition) is 2. The summed E-state index contributed by atoms with van der Waals surface area (Å²) in [6.07, 6.45) is 0. The monoisotopic (exact) mass is 921 g/mol. The smallest absolute Gasteiger partial charge is 0.0541 e. The largest absolute Gasteiger partial charge is 0.311 e. The first-order chi connectivity index (χ1) is 35.5. The van der Waals surface area contributed by atoms with Gasteiger partial charge in [-0.2, -0.15) is 0 Å². The Labute approximate surface area is 421 Å². The van der Waals surface area contributed by atoms with E-state index in [2.05, 4.69) is 301 Å². The molecule has 0 amide bonds. The maximum atomic E-state index is 2.43. The number of hydrogen-bond donors (Lipinski definition) is 0. The first-order valence-electron chi connectivity index (χ1n) is 24.9. The van der Waals surface area contributed by atoms with Gasteiger partial charge in [0.15, 0.2) is 0 Å². The number of anilines is 6. The summed E-state index contributed by atoms with van der Waals surface area (Å²) in [4.78, 5) is 4.78. The second kappa shape index (κ2) is 17.7. The van der Waals surface area contributed by atoms with Crippen LogP contribution in [0.1, 0.15) is 25.0 Å². The third-order valence-corrected chi connectivity index (χ3v) is 14.8. The van der Waals surface area contributed by atoms with E-state index >= 15 is 0 Å². The molecule has 0 saturated heterocycles. The number of fused-ring (bicyclic) bond motifs is 5. The molecule has 13 rings (SSSR count). The molecule has 2 heterocycles. The average Bonchev–Trinajstić information content (AvgIpc) is 3.78. The fourth-order valence-corrected chi connectivity index (χ4v) is 11.1. The van der Waals surface area contributed by atoms with E-state index in [0.29, 0.717) is 0 Å². The molecule has 1 aromatic heterocycles. The van der Waals surface area contributed by atoms with Crippen molar-refractivity contribution < 1.29 is 0 Å². The van der Waals surface area contributed by atoms with E-state index in [9.17, 15) is 0 Å². The summed E-state index contributed by atoms with van der Waals surface area (Å²) in [5, 5.41) is 2.44. The Hall–Kier alpha value is -9.18. The van der Waals surface area contributed by atoms with E-state index in [1.165, 1.54) is 83.3 Å². The van der Waals surface area contributed by atoms with Gasteiger partial charge < -0.3 is 14.4 Å². The molecule has 11 aromatic carbocycles. The van der Waals surface area contributed by atoms with Crippen molar-refractivity contribution >= 4 is 55.9 Å². The molecule has 0 radical (unpaired) electrons. The molecule has 1 aliphatic heterocycles. The maximum Gasteiger partial charge on any atom is 0.0541 e. The first kappa shape index (κ1) is 42.9. The van der Waals surface area contributed by atoms with Crippen LogP contribution < -0.4 is 9.80 Å². The van der Waals surface area contributed by atoms with Crippen LogP contribution in [-0.4, -0.2) is 4.57 Å². The summed E-state index contributed by atoms with van der Waals surface area (Å²) in [5.41, 5.74) is 22.4. The third-order valence-electron chi connectivity index (χ3n) is 14.8. The summed E-state index contributed by atoms with van der Waals surface area (Å²) in [5.74, 6) is 0. The van der Waals surface area contributed by atoms with Crippen molar-refractivity contribution in [2.24, 2.45) is 0 Å². The van der Waals surface area contributed by atoms with Crippen LogP contribution in [0.4, 0.5) is 34.1 Å². The van der Waals surface area contributed by atoms with Crippen LogP contribution in [0.5, 0.6) is 0 Å². The third kappa shape index (κ3) is 7.46. The number of benzene rings is 11. The fraction of sp³-hybridized carbons (Fsp3) is 0.0435. The molecule has 342 valence electrons. The van der Waals surface area contributed by atoms with Crippen LogP contribution in [0.15, 0.2) is 273 Å². The molecule has 3 nitrogen and oxygen atoms in total. The minimum absolute atomic E-state index is 0.206. The van der Waals surface area contributed by atoms with Gasteiger partial charge in [-0.3, -0.25) is 0 Å². The fourth-order valence-electron chi connectivity index (χ4n) is 11.1. The molecule has 0 fully saturated rings. The van der Waals surface area contributed by atoms with Crippen molar-refractivity contribution in [3.05, 3.63) is 284 Å². The van der Waals surface area contributed by atoms with E-state index < -0.39 is 0 Å². The Bertz CT molecular complexity index is 3810. The standard InChI is InChI=1S/C69H51N3/c1-69(2)63-25-15-16-26-67(63)72(57-23-13-6-14-24-57)68-44-35-55(47-64(68)69)54-34-43-66-62(46-54)61-45-53(33-42-65(61)71(66)56-21-11-5-12-22-56)52-31-40-60(41-32-52)70(58-36-27-50(28-37-58)48-17-7-3-8-18-48)59-38-29-51(30-39-59)49-19-9-4-10-20-49/h3-47H,1-2H3. The topological polar surface area (TPSA) is 11.4 Å². The minimum Gasteiger partial charge on any atom is -0.311 e. The Morgan fingerprint density at radius 1 is 0.292 bits per heavy atom. The minimum atomic E-state index is -0.206. The molecular weight excluding hydrogens is 871 g/mol. The van der Waals surface area contributed by atoms with Crippen LogP contribution in [0, 0.1) is 0 Å². The van der Waals surface area contributed by atoms with Crippen LogP contribution in [0.2, 0.25) is 0 Å². The molecule has 0 N–H and O–H groups in total. The Balaban J connectivity index is 0.899. The van der Waals surface area contributed by atoms with Crippen molar-refractivity contribution in [1.82, 2.24) is 4.57 Å². The maximum absolute atomic E-state index is 2.43. The normalized spacial score (nSPS) is 12.7. The predicted molar refractivity (Wildman–Crippen MR) is 304 cm³/mol. The Morgan fingerprint density at radius 2 is 0.653 bits per heavy atom. The van der Waals surface area contributed by atoms with E-state index in [4.69, 9.17) is 0 Å². The Kier molecular flexibility index (Phi) is 10.5. The quantitative estimate of drug-likeness (QED) is 0.143. The lowest BCUT2D eigenvalue weighted by atomic mass is 9.73. The van der Waals surface area contributed by atoms with Gasteiger partial charge in [0.05, 0.1) is 22.4 Å². The highest BCUT2D eigenvalue weighted by Gasteiger charge is 2.37. The lowest BCUT2D eigenvalue weighted by molar-refractivity contribution is 0.632. The van der Waals surface area contributed by atoms with Gasteiger partial charge in [0.1, 0.15) is 0 Å². The van der Waals surface area contributed by atoms with Gasteiger partial charge in [-0.05, 0) is 159 Å². The zero-order chi connectivity index (χ0) is 48.2. The number of aromatic nitrogens is 1. The van der Waals surface area contributed by atoms with Crippen molar-refractivity contribution in [3.63, 3.8) is 0 Å². The molecule has 0 unspecified atom stereocenters. The highest BCUT2D eigenvalue weighted by Crippen LogP contribution is 2.53. The van der Waals surface area contributed by atoms with Gasteiger partial charge in [-0.15, -0.1) is 0 Å². The van der Waals surface area contributed by atoms with Crippen molar-refractivity contribution in [2.45, 2.75) is 19.3 Å². The average molecular weight is 922 g/mol. The highest BCUT2D eigenvalue weighted by molar-refractivity contribution is 6.12. The molecule has 0 saturated carbocycles. The van der Waals surface area contributed by atoms with E-state index in [0.717, 1.165) is 34.0 Å². The van der Waals surface area contributed by atoms with Crippen molar-refractivity contribution in [3.8, 4) is 50.2 Å². The molecule has 12 aromatic rings. The first-order valence-corrected chi connectivity index (χ1v) is 24.9. The molecule has 0 spiro atoms. The van der Waals surface area contributed by atoms with Crippen LogP contribution >= 0.6 is 0 Å². The predicted octanol–water partition coefficient (Wildman–Crippen LogP) is 19.0. The number of para-hydroxylation sites is 3. The van der Waals surface area contributed by atoms with Gasteiger partial charge >= 0.3 is 0 Å². The van der Waals surface area contributed by atoms with Crippen LogP contribution in [0.25, 0.3) is 72.0 Å². The SMILES string of the molecule is CC1(C)c2ccccc2N(c2ccccc2)c2ccc(-c3ccc4c(c3)c3cc(-c5ccc(N(c6ccc(-c7ccccc7)cc6)c6ccc(-c7ccccc7)cc6)cc5)ccc3n4-c3ccccc3)cc21. The van der Waals surface area contributed by atoms with E-state index in [1.54, 1.807) is 0 Å².